The van der Waals surface area contributed by atoms with E-state index in [1.807, 2.05) is 6.92 Å². The number of benzene rings is 1. The molecule has 21 heavy (non-hydrogen) atoms. The van der Waals surface area contributed by atoms with Crippen LogP contribution in [0.3, 0.4) is 0 Å². The zero-order chi connectivity index (χ0) is 15.1. The van der Waals surface area contributed by atoms with Crippen molar-refractivity contribution in [1.82, 2.24) is 4.98 Å². The summed E-state index contributed by atoms with van der Waals surface area (Å²) >= 11 is 5.80. The predicted octanol–water partition coefficient (Wildman–Crippen LogP) is 3.64. The van der Waals surface area contributed by atoms with Crippen LogP contribution in [0.15, 0.2) is 42.7 Å². The lowest BCUT2D eigenvalue weighted by Crippen LogP contribution is -2.10. The van der Waals surface area contributed by atoms with E-state index in [9.17, 15) is 5.11 Å². The van der Waals surface area contributed by atoms with Crippen molar-refractivity contribution in [2.24, 2.45) is 0 Å². The van der Waals surface area contributed by atoms with Gasteiger partial charge in [0.1, 0.15) is 24.2 Å². The Morgan fingerprint density at radius 1 is 1.14 bits per heavy atom. The maximum absolute atomic E-state index is 10.1. The summed E-state index contributed by atoms with van der Waals surface area (Å²) in [5, 5.41) is 10.8. The van der Waals surface area contributed by atoms with Crippen molar-refractivity contribution in [3.63, 3.8) is 0 Å². The molecule has 2 aromatic rings. The molecule has 1 atom stereocenters. The minimum Gasteiger partial charge on any atom is -0.492 e. The Labute approximate surface area is 129 Å². The third kappa shape index (κ3) is 4.92. The number of ether oxygens (including phenoxy) is 2. The topological polar surface area (TPSA) is 51.6 Å². The first kappa shape index (κ1) is 15.6. The van der Waals surface area contributed by atoms with E-state index >= 15 is 0 Å². The molecule has 2 rings (SSSR count). The first-order chi connectivity index (χ1) is 10.2. The molecule has 1 aromatic carbocycles. The molecule has 0 aliphatic carbocycles. The van der Waals surface area contributed by atoms with Crippen LogP contribution in [-0.4, -0.2) is 23.3 Å². The molecule has 0 radical (unpaired) electrons. The van der Waals surface area contributed by atoms with Crippen LogP contribution in [0.4, 0.5) is 0 Å². The van der Waals surface area contributed by atoms with E-state index in [1.54, 1.807) is 42.7 Å². The van der Waals surface area contributed by atoms with Gasteiger partial charge in [0.25, 0.3) is 0 Å². The minimum absolute atomic E-state index is 0.139. The average molecular weight is 308 g/mol. The Kier molecular flexibility index (Phi) is 5.84. The Hall–Kier alpha value is -1.78. The molecule has 0 amide bonds. The monoisotopic (exact) mass is 307 g/mol. The summed E-state index contributed by atoms with van der Waals surface area (Å²) in [6.07, 6.45) is 3.39. The van der Waals surface area contributed by atoms with Crippen LogP contribution < -0.4 is 9.47 Å². The molecule has 1 unspecified atom stereocenters. The molecular weight excluding hydrogens is 290 g/mol. The van der Waals surface area contributed by atoms with Crippen molar-refractivity contribution in [3.8, 4) is 11.5 Å². The summed E-state index contributed by atoms with van der Waals surface area (Å²) < 4.78 is 11.0. The van der Waals surface area contributed by atoms with Gasteiger partial charge in [0.2, 0.25) is 0 Å². The zero-order valence-corrected chi connectivity index (χ0v) is 12.6. The summed E-state index contributed by atoms with van der Waals surface area (Å²) in [6, 6.07) is 8.77. The van der Waals surface area contributed by atoms with E-state index in [0.717, 1.165) is 6.42 Å². The van der Waals surface area contributed by atoms with Gasteiger partial charge in [-0.2, -0.15) is 0 Å². The Morgan fingerprint density at radius 3 is 2.62 bits per heavy atom. The van der Waals surface area contributed by atoms with Crippen LogP contribution in [0.2, 0.25) is 5.02 Å². The first-order valence-corrected chi connectivity index (χ1v) is 7.21. The molecule has 0 bridgehead atoms. The van der Waals surface area contributed by atoms with Crippen molar-refractivity contribution in [2.45, 2.75) is 19.4 Å². The lowest BCUT2D eigenvalue weighted by molar-refractivity contribution is 0.107. The highest BCUT2D eigenvalue weighted by Crippen LogP contribution is 2.20. The van der Waals surface area contributed by atoms with E-state index in [0.29, 0.717) is 28.7 Å². The lowest BCUT2D eigenvalue weighted by atomic mass is 10.2. The standard InChI is InChI=1S/C16H18ClNO3/c1-2-7-20-15-8-12(9-18-10-15)16(19)11-21-14-5-3-13(17)4-6-14/h3-6,8-10,16,19H,2,7,11H2,1H3. The number of hydrogen-bond donors (Lipinski definition) is 1. The second-order valence-corrected chi connectivity index (χ2v) is 5.02. The van der Waals surface area contributed by atoms with Gasteiger partial charge in [0, 0.05) is 16.8 Å². The number of aliphatic hydroxyl groups is 1. The molecule has 5 heteroatoms. The fraction of sp³-hybridized carbons (Fsp3) is 0.312. The largest absolute Gasteiger partial charge is 0.492 e. The third-order valence-corrected chi connectivity index (χ3v) is 3.07. The van der Waals surface area contributed by atoms with Crippen LogP contribution in [-0.2, 0) is 0 Å². The van der Waals surface area contributed by atoms with Crippen molar-refractivity contribution in [2.75, 3.05) is 13.2 Å². The van der Waals surface area contributed by atoms with Gasteiger partial charge in [-0.15, -0.1) is 0 Å². The summed E-state index contributed by atoms with van der Waals surface area (Å²) in [5.41, 5.74) is 0.664. The highest BCUT2D eigenvalue weighted by atomic mass is 35.5. The van der Waals surface area contributed by atoms with Crippen LogP contribution in [0.1, 0.15) is 25.0 Å². The second-order valence-electron chi connectivity index (χ2n) is 4.58. The zero-order valence-electron chi connectivity index (χ0n) is 11.8. The molecular formula is C16H18ClNO3. The number of halogens is 1. The van der Waals surface area contributed by atoms with Crippen molar-refractivity contribution >= 4 is 11.6 Å². The smallest absolute Gasteiger partial charge is 0.137 e. The molecule has 0 aliphatic rings. The van der Waals surface area contributed by atoms with Gasteiger partial charge in [-0.1, -0.05) is 18.5 Å². The Morgan fingerprint density at radius 2 is 1.90 bits per heavy atom. The van der Waals surface area contributed by atoms with Gasteiger partial charge in [0.05, 0.1) is 12.8 Å². The van der Waals surface area contributed by atoms with Gasteiger partial charge in [-0.05, 0) is 36.8 Å². The fourth-order valence-corrected chi connectivity index (χ4v) is 1.84. The SMILES string of the molecule is CCCOc1cncc(C(O)COc2ccc(Cl)cc2)c1. The lowest BCUT2D eigenvalue weighted by Gasteiger charge is -2.13. The second kappa shape index (κ2) is 7.86. The maximum Gasteiger partial charge on any atom is 0.137 e. The number of hydrogen-bond acceptors (Lipinski definition) is 4. The first-order valence-electron chi connectivity index (χ1n) is 6.83. The molecule has 1 aromatic heterocycles. The molecule has 0 saturated heterocycles. The quantitative estimate of drug-likeness (QED) is 0.848. The average Bonchev–Trinajstić information content (AvgIpc) is 2.52. The molecule has 0 aliphatic heterocycles. The molecule has 0 saturated carbocycles. The van der Waals surface area contributed by atoms with Crippen LogP contribution in [0.5, 0.6) is 11.5 Å². The van der Waals surface area contributed by atoms with Crippen LogP contribution >= 0.6 is 11.6 Å². The predicted molar refractivity (Wildman–Crippen MR) is 81.9 cm³/mol. The number of pyridine rings is 1. The van der Waals surface area contributed by atoms with Crippen molar-refractivity contribution in [1.29, 1.82) is 0 Å². The summed E-state index contributed by atoms with van der Waals surface area (Å²) in [5.74, 6) is 1.31. The molecule has 4 nitrogen and oxygen atoms in total. The van der Waals surface area contributed by atoms with Crippen molar-refractivity contribution in [3.05, 3.63) is 53.3 Å². The number of aromatic nitrogens is 1. The minimum atomic E-state index is -0.765. The van der Waals surface area contributed by atoms with E-state index < -0.39 is 6.10 Å². The Balaban J connectivity index is 1.93. The summed E-state index contributed by atoms with van der Waals surface area (Å²) in [6.45, 7) is 2.80. The Bertz CT molecular complexity index is 560. The van der Waals surface area contributed by atoms with Gasteiger partial charge >= 0.3 is 0 Å². The molecule has 112 valence electrons. The van der Waals surface area contributed by atoms with E-state index in [4.69, 9.17) is 21.1 Å². The normalized spacial score (nSPS) is 12.0. The van der Waals surface area contributed by atoms with E-state index in [2.05, 4.69) is 4.98 Å². The molecule has 0 spiro atoms. The number of aliphatic hydroxyl groups excluding tert-OH is 1. The fourth-order valence-electron chi connectivity index (χ4n) is 1.72. The third-order valence-electron chi connectivity index (χ3n) is 2.81. The van der Waals surface area contributed by atoms with Gasteiger partial charge < -0.3 is 14.6 Å². The number of nitrogens with zero attached hydrogens (tertiary/aromatic N) is 1. The number of rotatable bonds is 7. The van der Waals surface area contributed by atoms with Gasteiger partial charge in [-0.25, -0.2) is 0 Å². The van der Waals surface area contributed by atoms with Crippen LogP contribution in [0.25, 0.3) is 0 Å². The van der Waals surface area contributed by atoms with Gasteiger partial charge in [0.15, 0.2) is 0 Å². The van der Waals surface area contributed by atoms with Gasteiger partial charge in [-0.3, -0.25) is 4.98 Å². The van der Waals surface area contributed by atoms with E-state index in [1.165, 1.54) is 0 Å². The summed E-state index contributed by atoms with van der Waals surface area (Å²) in [7, 11) is 0. The molecule has 1 heterocycles. The van der Waals surface area contributed by atoms with Crippen molar-refractivity contribution < 1.29 is 14.6 Å². The maximum atomic E-state index is 10.1. The highest BCUT2D eigenvalue weighted by molar-refractivity contribution is 6.30. The highest BCUT2D eigenvalue weighted by Gasteiger charge is 2.10. The molecule has 1 N–H and O–H groups in total. The van der Waals surface area contributed by atoms with E-state index in [-0.39, 0.29) is 6.61 Å². The van der Waals surface area contributed by atoms with Crippen LogP contribution in [0, 0.1) is 0 Å². The molecule has 0 fully saturated rings. The summed E-state index contributed by atoms with van der Waals surface area (Å²) in [4.78, 5) is 4.07.